The molecule has 0 unspecified atom stereocenters. The molecular weight excluding hydrogens is 318 g/mol. The van der Waals surface area contributed by atoms with E-state index in [4.69, 9.17) is 9.47 Å². The molecule has 0 atom stereocenters. The number of methoxy groups -OCH3 is 2. The lowest BCUT2D eigenvalue weighted by Gasteiger charge is -2.12. The van der Waals surface area contributed by atoms with Gasteiger partial charge < -0.3 is 14.8 Å². The summed E-state index contributed by atoms with van der Waals surface area (Å²) >= 11 is 3.48. The van der Waals surface area contributed by atoms with E-state index in [0.29, 0.717) is 6.54 Å². The fourth-order valence-corrected chi connectivity index (χ4v) is 2.48. The normalized spacial score (nSPS) is 10.2. The Morgan fingerprint density at radius 3 is 2.35 bits per heavy atom. The molecule has 0 amide bonds. The Labute approximate surface area is 128 Å². The van der Waals surface area contributed by atoms with Crippen LogP contribution in [0.3, 0.4) is 0 Å². The van der Waals surface area contributed by atoms with Gasteiger partial charge in [0, 0.05) is 22.3 Å². The van der Waals surface area contributed by atoms with E-state index >= 15 is 0 Å². The molecule has 0 heterocycles. The fourth-order valence-electron chi connectivity index (χ4n) is 2.07. The minimum absolute atomic E-state index is 0.703. The van der Waals surface area contributed by atoms with Gasteiger partial charge in [-0.1, -0.05) is 15.9 Å². The first kappa shape index (κ1) is 14.7. The first-order valence-electron chi connectivity index (χ1n) is 6.35. The molecular formula is C16H18BrNO2. The molecule has 0 aliphatic heterocycles. The monoisotopic (exact) mass is 335 g/mol. The van der Waals surface area contributed by atoms with Crippen LogP contribution in [0.4, 0.5) is 5.69 Å². The van der Waals surface area contributed by atoms with Gasteiger partial charge in [-0.05, 0) is 48.9 Å². The molecule has 106 valence electrons. The maximum Gasteiger partial charge on any atom is 0.123 e. The van der Waals surface area contributed by atoms with Crippen molar-refractivity contribution in [3.8, 4) is 11.5 Å². The molecule has 0 spiro atoms. The van der Waals surface area contributed by atoms with E-state index in [1.54, 1.807) is 14.2 Å². The van der Waals surface area contributed by atoms with Gasteiger partial charge in [0.25, 0.3) is 0 Å². The van der Waals surface area contributed by atoms with Crippen molar-refractivity contribution in [1.29, 1.82) is 0 Å². The Bertz CT molecular complexity index is 599. The number of aryl methyl sites for hydroxylation is 1. The topological polar surface area (TPSA) is 30.5 Å². The average molecular weight is 336 g/mol. The molecule has 2 aromatic carbocycles. The lowest BCUT2D eigenvalue weighted by atomic mass is 10.1. The van der Waals surface area contributed by atoms with Crippen LogP contribution in [0.25, 0.3) is 0 Å². The zero-order valence-corrected chi connectivity index (χ0v) is 13.5. The Balaban J connectivity index is 2.12. The smallest absolute Gasteiger partial charge is 0.123 e. The van der Waals surface area contributed by atoms with Crippen molar-refractivity contribution in [1.82, 2.24) is 0 Å². The zero-order valence-electron chi connectivity index (χ0n) is 11.9. The van der Waals surface area contributed by atoms with E-state index in [2.05, 4.69) is 33.4 Å². The molecule has 2 aromatic rings. The Kier molecular flexibility index (Phi) is 4.90. The zero-order chi connectivity index (χ0) is 14.5. The second-order valence-corrected chi connectivity index (χ2v) is 5.41. The van der Waals surface area contributed by atoms with Crippen LogP contribution in [0.1, 0.15) is 11.1 Å². The van der Waals surface area contributed by atoms with Gasteiger partial charge in [0.2, 0.25) is 0 Å². The molecule has 4 heteroatoms. The van der Waals surface area contributed by atoms with Crippen molar-refractivity contribution in [2.45, 2.75) is 13.5 Å². The van der Waals surface area contributed by atoms with Gasteiger partial charge in [0.15, 0.2) is 0 Å². The summed E-state index contributed by atoms with van der Waals surface area (Å²) in [6.45, 7) is 2.73. The van der Waals surface area contributed by atoms with Crippen molar-refractivity contribution in [2.24, 2.45) is 0 Å². The quantitative estimate of drug-likeness (QED) is 0.879. The SMILES string of the molecule is COc1ccc(NCc2cc(Br)ccc2OC)cc1C. The number of halogens is 1. The number of hydrogen-bond acceptors (Lipinski definition) is 3. The second kappa shape index (κ2) is 6.66. The van der Waals surface area contributed by atoms with Crippen molar-refractivity contribution >= 4 is 21.6 Å². The highest BCUT2D eigenvalue weighted by Crippen LogP contribution is 2.25. The van der Waals surface area contributed by atoms with Crippen LogP contribution >= 0.6 is 15.9 Å². The number of anilines is 1. The van der Waals surface area contributed by atoms with Crippen molar-refractivity contribution in [3.63, 3.8) is 0 Å². The molecule has 0 aliphatic carbocycles. The van der Waals surface area contributed by atoms with Crippen molar-refractivity contribution in [3.05, 3.63) is 52.0 Å². The van der Waals surface area contributed by atoms with Crippen LogP contribution in [0.15, 0.2) is 40.9 Å². The maximum atomic E-state index is 5.37. The van der Waals surface area contributed by atoms with E-state index in [0.717, 1.165) is 32.8 Å². The predicted molar refractivity (Wildman–Crippen MR) is 85.8 cm³/mol. The van der Waals surface area contributed by atoms with Crippen LogP contribution in [-0.2, 0) is 6.54 Å². The maximum absolute atomic E-state index is 5.37. The van der Waals surface area contributed by atoms with Gasteiger partial charge in [-0.15, -0.1) is 0 Å². The Morgan fingerprint density at radius 2 is 1.70 bits per heavy atom. The first-order chi connectivity index (χ1) is 9.63. The lowest BCUT2D eigenvalue weighted by Crippen LogP contribution is -2.02. The Morgan fingerprint density at radius 1 is 1.00 bits per heavy atom. The van der Waals surface area contributed by atoms with Crippen LogP contribution in [0.5, 0.6) is 11.5 Å². The average Bonchev–Trinajstić information content (AvgIpc) is 2.45. The van der Waals surface area contributed by atoms with E-state index in [-0.39, 0.29) is 0 Å². The molecule has 0 aromatic heterocycles. The van der Waals surface area contributed by atoms with E-state index in [1.807, 2.05) is 31.2 Å². The third-order valence-electron chi connectivity index (χ3n) is 3.12. The predicted octanol–water partition coefficient (Wildman–Crippen LogP) is 4.39. The summed E-state index contributed by atoms with van der Waals surface area (Å²) in [7, 11) is 3.37. The summed E-state index contributed by atoms with van der Waals surface area (Å²) in [5, 5.41) is 3.40. The van der Waals surface area contributed by atoms with Crippen LogP contribution < -0.4 is 14.8 Å². The summed E-state index contributed by atoms with van der Waals surface area (Å²) in [4.78, 5) is 0. The van der Waals surface area contributed by atoms with Gasteiger partial charge >= 0.3 is 0 Å². The molecule has 0 saturated carbocycles. The van der Waals surface area contributed by atoms with Gasteiger partial charge in [0.1, 0.15) is 11.5 Å². The summed E-state index contributed by atoms with van der Waals surface area (Å²) < 4.78 is 11.7. The molecule has 2 rings (SSSR count). The largest absolute Gasteiger partial charge is 0.496 e. The summed E-state index contributed by atoms with van der Waals surface area (Å²) in [5.41, 5.74) is 3.28. The number of ether oxygens (including phenoxy) is 2. The number of nitrogens with one attached hydrogen (secondary N) is 1. The highest BCUT2D eigenvalue weighted by Gasteiger charge is 2.05. The van der Waals surface area contributed by atoms with Crippen LogP contribution in [-0.4, -0.2) is 14.2 Å². The second-order valence-electron chi connectivity index (χ2n) is 4.49. The van der Waals surface area contributed by atoms with Gasteiger partial charge in [-0.2, -0.15) is 0 Å². The molecule has 0 saturated heterocycles. The number of hydrogen-bond donors (Lipinski definition) is 1. The highest BCUT2D eigenvalue weighted by atomic mass is 79.9. The van der Waals surface area contributed by atoms with E-state index in [9.17, 15) is 0 Å². The molecule has 1 N–H and O–H groups in total. The number of benzene rings is 2. The van der Waals surface area contributed by atoms with Crippen LogP contribution in [0.2, 0.25) is 0 Å². The molecule has 0 aliphatic rings. The van der Waals surface area contributed by atoms with Crippen molar-refractivity contribution < 1.29 is 9.47 Å². The molecule has 0 radical (unpaired) electrons. The molecule has 0 bridgehead atoms. The Hall–Kier alpha value is -1.68. The van der Waals surface area contributed by atoms with Gasteiger partial charge in [-0.3, -0.25) is 0 Å². The van der Waals surface area contributed by atoms with Crippen molar-refractivity contribution in [2.75, 3.05) is 19.5 Å². The van der Waals surface area contributed by atoms with Gasteiger partial charge in [0.05, 0.1) is 14.2 Å². The highest BCUT2D eigenvalue weighted by molar-refractivity contribution is 9.10. The molecule has 20 heavy (non-hydrogen) atoms. The summed E-state index contributed by atoms with van der Waals surface area (Å²) in [5.74, 6) is 1.78. The number of rotatable bonds is 5. The third kappa shape index (κ3) is 3.45. The van der Waals surface area contributed by atoms with Crippen LogP contribution in [0, 0.1) is 6.92 Å². The van der Waals surface area contributed by atoms with E-state index < -0.39 is 0 Å². The summed E-state index contributed by atoms with van der Waals surface area (Å²) in [6, 6.07) is 12.0. The van der Waals surface area contributed by atoms with Gasteiger partial charge in [-0.25, -0.2) is 0 Å². The minimum atomic E-state index is 0.703. The molecule has 0 fully saturated rings. The standard InChI is InChI=1S/C16H18BrNO2/c1-11-8-14(5-7-15(11)19-2)18-10-12-9-13(17)4-6-16(12)20-3/h4-9,18H,10H2,1-3H3. The lowest BCUT2D eigenvalue weighted by molar-refractivity contribution is 0.410. The summed E-state index contributed by atoms with van der Waals surface area (Å²) in [6.07, 6.45) is 0. The molecule has 3 nitrogen and oxygen atoms in total. The van der Waals surface area contributed by atoms with E-state index in [1.165, 1.54) is 0 Å². The third-order valence-corrected chi connectivity index (χ3v) is 3.61. The first-order valence-corrected chi connectivity index (χ1v) is 7.14. The minimum Gasteiger partial charge on any atom is -0.496 e. The fraction of sp³-hybridized carbons (Fsp3) is 0.250.